The third-order valence-corrected chi connectivity index (χ3v) is 3.52. The summed E-state index contributed by atoms with van der Waals surface area (Å²) >= 11 is 0. The van der Waals surface area contributed by atoms with Gasteiger partial charge in [-0.25, -0.2) is 4.98 Å². The number of hydrogen-bond acceptors (Lipinski definition) is 4. The van der Waals surface area contributed by atoms with Crippen molar-refractivity contribution in [3.63, 3.8) is 0 Å². The molecule has 1 atom stereocenters. The smallest absolute Gasteiger partial charge is 0.140 e. The summed E-state index contributed by atoms with van der Waals surface area (Å²) in [6, 6.07) is 5.96. The molecule has 0 saturated carbocycles. The van der Waals surface area contributed by atoms with Crippen LogP contribution < -0.4 is 5.73 Å². The van der Waals surface area contributed by atoms with Crippen LogP contribution in [-0.4, -0.2) is 29.5 Å². The van der Waals surface area contributed by atoms with E-state index >= 15 is 0 Å². The number of hydrogen-bond donors (Lipinski definition) is 1. The van der Waals surface area contributed by atoms with Crippen molar-refractivity contribution in [2.75, 3.05) is 19.6 Å². The van der Waals surface area contributed by atoms with E-state index in [4.69, 9.17) is 11.0 Å². The Morgan fingerprint density at radius 3 is 3.22 bits per heavy atom. The molecule has 1 aromatic heterocycles. The molecule has 1 aliphatic rings. The van der Waals surface area contributed by atoms with Crippen LogP contribution in [0.3, 0.4) is 0 Å². The van der Waals surface area contributed by atoms with E-state index in [1.807, 2.05) is 12.1 Å². The molecule has 2 rings (SSSR count). The average Bonchev–Trinajstić information content (AvgIpc) is 2.40. The van der Waals surface area contributed by atoms with Crippen molar-refractivity contribution in [2.45, 2.75) is 25.8 Å². The van der Waals surface area contributed by atoms with E-state index in [9.17, 15) is 0 Å². The first-order valence-corrected chi connectivity index (χ1v) is 6.59. The van der Waals surface area contributed by atoms with Crippen molar-refractivity contribution >= 4 is 0 Å². The van der Waals surface area contributed by atoms with Gasteiger partial charge in [0.15, 0.2) is 0 Å². The molecule has 18 heavy (non-hydrogen) atoms. The lowest BCUT2D eigenvalue weighted by Crippen LogP contribution is -2.35. The molecule has 4 nitrogen and oxygen atoms in total. The van der Waals surface area contributed by atoms with Gasteiger partial charge < -0.3 is 5.73 Å². The maximum atomic E-state index is 8.84. The highest BCUT2D eigenvalue weighted by atomic mass is 15.1. The van der Waals surface area contributed by atoms with Gasteiger partial charge >= 0.3 is 0 Å². The van der Waals surface area contributed by atoms with Gasteiger partial charge in [0.1, 0.15) is 11.8 Å². The molecule has 1 aromatic rings. The van der Waals surface area contributed by atoms with Crippen LogP contribution in [0.25, 0.3) is 0 Å². The summed E-state index contributed by atoms with van der Waals surface area (Å²) in [5.41, 5.74) is 7.31. The molecule has 0 aliphatic carbocycles. The highest BCUT2D eigenvalue weighted by molar-refractivity contribution is 5.25. The molecule has 0 amide bonds. The Kier molecular flexibility index (Phi) is 4.68. The molecule has 2 N–H and O–H groups in total. The van der Waals surface area contributed by atoms with Gasteiger partial charge in [-0.1, -0.05) is 0 Å². The molecule has 1 fully saturated rings. The van der Waals surface area contributed by atoms with Crippen LogP contribution in [0.2, 0.25) is 0 Å². The molecular weight excluding hydrogens is 224 g/mol. The third kappa shape index (κ3) is 3.52. The largest absolute Gasteiger partial charge is 0.330 e. The van der Waals surface area contributed by atoms with E-state index in [0.717, 1.165) is 38.5 Å². The second-order valence-corrected chi connectivity index (χ2v) is 4.98. The standard InChI is InChI=1S/C14H20N4/c15-5-3-12-2-1-7-18(10-12)11-13-4-6-17-14(8-13)9-16/h4,6,8,12H,1-3,5,7,10-11,15H2. The molecule has 0 spiro atoms. The second-order valence-electron chi connectivity index (χ2n) is 4.98. The quantitative estimate of drug-likeness (QED) is 0.872. The zero-order chi connectivity index (χ0) is 12.8. The van der Waals surface area contributed by atoms with E-state index in [1.165, 1.54) is 18.4 Å². The van der Waals surface area contributed by atoms with E-state index < -0.39 is 0 Å². The Bertz CT molecular complexity index is 422. The Morgan fingerprint density at radius 1 is 1.56 bits per heavy atom. The SMILES string of the molecule is N#Cc1cc(CN2CCCC(CCN)C2)ccn1. The zero-order valence-corrected chi connectivity index (χ0v) is 10.7. The van der Waals surface area contributed by atoms with Gasteiger partial charge in [-0.15, -0.1) is 0 Å². The van der Waals surface area contributed by atoms with Crippen LogP contribution in [0.4, 0.5) is 0 Å². The lowest BCUT2D eigenvalue weighted by molar-refractivity contribution is 0.163. The molecular formula is C14H20N4. The number of piperidine rings is 1. The minimum atomic E-state index is 0.503. The minimum absolute atomic E-state index is 0.503. The van der Waals surface area contributed by atoms with Crippen molar-refractivity contribution in [3.05, 3.63) is 29.6 Å². The zero-order valence-electron chi connectivity index (χ0n) is 10.7. The highest BCUT2D eigenvalue weighted by Crippen LogP contribution is 2.20. The highest BCUT2D eigenvalue weighted by Gasteiger charge is 2.19. The second kappa shape index (κ2) is 6.48. The van der Waals surface area contributed by atoms with Crippen LogP contribution >= 0.6 is 0 Å². The van der Waals surface area contributed by atoms with Gasteiger partial charge in [0.05, 0.1) is 0 Å². The van der Waals surface area contributed by atoms with E-state index in [0.29, 0.717) is 5.69 Å². The molecule has 0 radical (unpaired) electrons. The predicted octanol–water partition coefficient (Wildman–Crippen LogP) is 1.51. The molecule has 1 saturated heterocycles. The summed E-state index contributed by atoms with van der Waals surface area (Å²) in [6.45, 7) is 3.97. The summed E-state index contributed by atoms with van der Waals surface area (Å²) in [6.07, 6.45) is 5.39. The van der Waals surface area contributed by atoms with Gasteiger partial charge in [0, 0.05) is 19.3 Å². The first kappa shape index (κ1) is 13.0. The molecule has 0 bridgehead atoms. The topological polar surface area (TPSA) is 65.9 Å². The lowest BCUT2D eigenvalue weighted by atomic mass is 9.94. The fraction of sp³-hybridized carbons (Fsp3) is 0.571. The summed E-state index contributed by atoms with van der Waals surface area (Å²) in [4.78, 5) is 6.46. The predicted molar refractivity (Wildman–Crippen MR) is 70.6 cm³/mol. The number of nitriles is 1. The van der Waals surface area contributed by atoms with E-state index in [-0.39, 0.29) is 0 Å². The van der Waals surface area contributed by atoms with Gasteiger partial charge in [0.25, 0.3) is 0 Å². The fourth-order valence-electron chi connectivity index (χ4n) is 2.66. The monoisotopic (exact) mass is 244 g/mol. The molecule has 1 aliphatic heterocycles. The maximum absolute atomic E-state index is 8.84. The van der Waals surface area contributed by atoms with Crippen molar-refractivity contribution in [1.29, 1.82) is 5.26 Å². The third-order valence-electron chi connectivity index (χ3n) is 3.52. The molecule has 1 unspecified atom stereocenters. The number of rotatable bonds is 4. The van der Waals surface area contributed by atoms with Crippen molar-refractivity contribution < 1.29 is 0 Å². The summed E-state index contributed by atoms with van der Waals surface area (Å²) in [5.74, 6) is 0.737. The number of aromatic nitrogens is 1. The number of likely N-dealkylation sites (tertiary alicyclic amines) is 1. The van der Waals surface area contributed by atoms with Gasteiger partial charge in [-0.3, -0.25) is 4.90 Å². The summed E-state index contributed by atoms with van der Waals surface area (Å²) < 4.78 is 0. The first-order chi connectivity index (χ1) is 8.81. The van der Waals surface area contributed by atoms with Gasteiger partial charge in [-0.05, 0) is 56.0 Å². The van der Waals surface area contributed by atoms with Gasteiger partial charge in [0.2, 0.25) is 0 Å². The van der Waals surface area contributed by atoms with Crippen LogP contribution in [0.5, 0.6) is 0 Å². The molecule has 96 valence electrons. The van der Waals surface area contributed by atoms with E-state index in [1.54, 1.807) is 6.20 Å². The molecule has 4 heteroatoms. The van der Waals surface area contributed by atoms with Gasteiger partial charge in [-0.2, -0.15) is 5.26 Å². The Morgan fingerprint density at radius 2 is 2.44 bits per heavy atom. The van der Waals surface area contributed by atoms with Crippen LogP contribution in [0.15, 0.2) is 18.3 Å². The van der Waals surface area contributed by atoms with Crippen LogP contribution in [0.1, 0.15) is 30.5 Å². The lowest BCUT2D eigenvalue weighted by Gasteiger charge is -2.32. The van der Waals surface area contributed by atoms with Crippen molar-refractivity contribution in [1.82, 2.24) is 9.88 Å². The Hall–Kier alpha value is -1.44. The number of nitrogens with zero attached hydrogens (tertiary/aromatic N) is 3. The Balaban J connectivity index is 1.94. The van der Waals surface area contributed by atoms with Crippen LogP contribution in [-0.2, 0) is 6.54 Å². The first-order valence-electron chi connectivity index (χ1n) is 6.59. The molecule has 2 heterocycles. The average molecular weight is 244 g/mol. The summed E-state index contributed by atoms with van der Waals surface area (Å²) in [5, 5.41) is 8.84. The number of nitrogens with two attached hydrogens (primary N) is 1. The minimum Gasteiger partial charge on any atom is -0.330 e. The van der Waals surface area contributed by atoms with Crippen molar-refractivity contribution in [2.24, 2.45) is 11.7 Å². The fourth-order valence-corrected chi connectivity index (χ4v) is 2.66. The molecule has 0 aromatic carbocycles. The van der Waals surface area contributed by atoms with Crippen LogP contribution in [0, 0.1) is 17.2 Å². The Labute approximate surface area is 108 Å². The number of pyridine rings is 1. The maximum Gasteiger partial charge on any atom is 0.140 e. The summed E-state index contributed by atoms with van der Waals surface area (Å²) in [7, 11) is 0. The van der Waals surface area contributed by atoms with Crippen molar-refractivity contribution in [3.8, 4) is 6.07 Å². The normalized spacial score (nSPS) is 20.6. The van der Waals surface area contributed by atoms with E-state index in [2.05, 4.69) is 16.0 Å².